The van der Waals surface area contributed by atoms with E-state index in [2.05, 4.69) is 5.32 Å². The summed E-state index contributed by atoms with van der Waals surface area (Å²) in [5.41, 5.74) is -0.554. The zero-order valence-corrected chi connectivity index (χ0v) is 16.0. The molecular weight excluding hydrogens is 384 g/mol. The molecule has 4 rings (SSSR count). The number of urea groups is 1. The van der Waals surface area contributed by atoms with Crippen molar-refractivity contribution in [2.24, 2.45) is 0 Å². The molecule has 1 N–H and O–H groups in total. The third-order valence-electron chi connectivity index (χ3n) is 4.80. The standard InChI is InChI=1S/C20H19ClN2O5/c1-20(13-6-7-16-17(12-13)28-11-10-27-16)18(24)23(19(25)22-20)8-9-26-15-5-3-2-4-14(15)21/h2-7,12H,8-11H2,1H3,(H,22,25)/t20-/m0/s1. The number of imide groups is 1. The smallest absolute Gasteiger partial charge is 0.325 e. The van der Waals surface area contributed by atoms with E-state index in [-0.39, 0.29) is 19.1 Å². The normalized spacial score (nSPS) is 20.9. The highest BCUT2D eigenvalue weighted by Crippen LogP contribution is 2.36. The molecule has 2 aliphatic rings. The van der Waals surface area contributed by atoms with Crippen LogP contribution in [-0.2, 0) is 10.3 Å². The predicted octanol–water partition coefficient (Wildman–Crippen LogP) is 2.96. The third-order valence-corrected chi connectivity index (χ3v) is 5.12. The Morgan fingerprint density at radius 1 is 1.14 bits per heavy atom. The summed E-state index contributed by atoms with van der Waals surface area (Å²) in [4.78, 5) is 26.6. The lowest BCUT2D eigenvalue weighted by Crippen LogP contribution is -2.41. The van der Waals surface area contributed by atoms with Gasteiger partial charge < -0.3 is 19.5 Å². The number of fused-ring (bicyclic) bond motifs is 1. The number of amides is 3. The number of benzene rings is 2. The maximum atomic E-state index is 13.0. The van der Waals surface area contributed by atoms with Crippen molar-refractivity contribution in [1.82, 2.24) is 10.2 Å². The molecule has 7 nitrogen and oxygen atoms in total. The molecule has 0 aromatic heterocycles. The van der Waals surface area contributed by atoms with Crippen LogP contribution in [0.3, 0.4) is 0 Å². The number of hydrogen-bond acceptors (Lipinski definition) is 5. The van der Waals surface area contributed by atoms with Crippen molar-refractivity contribution in [2.45, 2.75) is 12.5 Å². The molecule has 146 valence electrons. The van der Waals surface area contributed by atoms with Gasteiger partial charge in [-0.2, -0.15) is 0 Å². The van der Waals surface area contributed by atoms with E-state index in [0.29, 0.717) is 41.0 Å². The highest BCUT2D eigenvalue weighted by atomic mass is 35.5. The first kappa shape index (κ1) is 18.4. The first-order chi connectivity index (χ1) is 13.5. The summed E-state index contributed by atoms with van der Waals surface area (Å²) >= 11 is 6.05. The molecule has 8 heteroatoms. The number of para-hydroxylation sites is 1. The molecule has 3 amide bonds. The van der Waals surface area contributed by atoms with Crippen LogP contribution in [0.5, 0.6) is 17.2 Å². The minimum atomic E-state index is -1.18. The lowest BCUT2D eigenvalue weighted by molar-refractivity contribution is -0.131. The second kappa shape index (κ2) is 7.24. The van der Waals surface area contributed by atoms with Crippen LogP contribution in [-0.4, -0.2) is 43.2 Å². The van der Waals surface area contributed by atoms with E-state index in [1.807, 2.05) is 0 Å². The minimum absolute atomic E-state index is 0.107. The van der Waals surface area contributed by atoms with E-state index in [1.54, 1.807) is 49.4 Å². The number of carbonyl (C=O) groups excluding carboxylic acids is 2. The number of nitrogens with zero attached hydrogens (tertiary/aromatic N) is 1. The molecule has 1 atom stereocenters. The molecule has 0 spiro atoms. The summed E-state index contributed by atoms with van der Waals surface area (Å²) in [5, 5.41) is 3.25. The Morgan fingerprint density at radius 2 is 1.89 bits per heavy atom. The van der Waals surface area contributed by atoms with E-state index in [1.165, 1.54) is 0 Å². The maximum absolute atomic E-state index is 13.0. The molecule has 2 aromatic rings. The van der Waals surface area contributed by atoms with Crippen molar-refractivity contribution >= 4 is 23.5 Å². The van der Waals surface area contributed by atoms with E-state index in [4.69, 9.17) is 25.8 Å². The van der Waals surface area contributed by atoms with E-state index in [9.17, 15) is 9.59 Å². The van der Waals surface area contributed by atoms with Crippen LogP contribution < -0.4 is 19.5 Å². The molecule has 0 aliphatic carbocycles. The minimum Gasteiger partial charge on any atom is -0.490 e. The van der Waals surface area contributed by atoms with Gasteiger partial charge in [0.25, 0.3) is 5.91 Å². The van der Waals surface area contributed by atoms with Crippen LogP contribution in [0.15, 0.2) is 42.5 Å². The van der Waals surface area contributed by atoms with Gasteiger partial charge in [-0.05, 0) is 36.8 Å². The van der Waals surface area contributed by atoms with Gasteiger partial charge in [0, 0.05) is 0 Å². The zero-order valence-electron chi connectivity index (χ0n) is 15.2. The van der Waals surface area contributed by atoms with E-state index >= 15 is 0 Å². The van der Waals surface area contributed by atoms with Gasteiger partial charge in [-0.15, -0.1) is 0 Å². The Morgan fingerprint density at radius 3 is 2.68 bits per heavy atom. The van der Waals surface area contributed by atoms with Crippen LogP contribution >= 0.6 is 11.6 Å². The SMILES string of the molecule is C[C@@]1(c2ccc3c(c2)OCCO3)NC(=O)N(CCOc2ccccc2Cl)C1=O. The maximum Gasteiger partial charge on any atom is 0.325 e. The molecule has 2 aromatic carbocycles. The molecule has 2 heterocycles. The molecule has 28 heavy (non-hydrogen) atoms. The molecule has 1 saturated heterocycles. The van der Waals surface area contributed by atoms with Crippen molar-refractivity contribution in [2.75, 3.05) is 26.4 Å². The first-order valence-corrected chi connectivity index (χ1v) is 9.28. The van der Waals surface area contributed by atoms with Crippen molar-refractivity contribution in [1.29, 1.82) is 0 Å². The summed E-state index contributed by atoms with van der Waals surface area (Å²) in [6.07, 6.45) is 0. The Hall–Kier alpha value is -2.93. The summed E-state index contributed by atoms with van der Waals surface area (Å²) in [6, 6.07) is 11.8. The van der Waals surface area contributed by atoms with Crippen LogP contribution in [0.2, 0.25) is 5.02 Å². The van der Waals surface area contributed by atoms with Gasteiger partial charge in [-0.1, -0.05) is 29.8 Å². The highest BCUT2D eigenvalue weighted by molar-refractivity contribution is 6.32. The topological polar surface area (TPSA) is 77.1 Å². The zero-order chi connectivity index (χ0) is 19.7. The lowest BCUT2D eigenvalue weighted by Gasteiger charge is -2.25. The third kappa shape index (κ3) is 3.22. The molecular formula is C20H19ClN2O5. The van der Waals surface area contributed by atoms with Crippen molar-refractivity contribution in [3.05, 3.63) is 53.1 Å². The molecule has 0 bridgehead atoms. The fourth-order valence-corrected chi connectivity index (χ4v) is 3.45. The van der Waals surface area contributed by atoms with Gasteiger partial charge in [0.05, 0.1) is 11.6 Å². The molecule has 0 radical (unpaired) electrons. The average Bonchev–Trinajstić information content (AvgIpc) is 2.93. The van der Waals surface area contributed by atoms with Gasteiger partial charge in [-0.25, -0.2) is 4.79 Å². The lowest BCUT2D eigenvalue weighted by atomic mass is 9.91. The summed E-state index contributed by atoms with van der Waals surface area (Å²) in [6.45, 7) is 2.85. The Kier molecular flexibility index (Phi) is 4.77. The molecule has 2 aliphatic heterocycles. The monoisotopic (exact) mass is 402 g/mol. The van der Waals surface area contributed by atoms with Gasteiger partial charge in [0.1, 0.15) is 31.1 Å². The summed E-state index contributed by atoms with van der Waals surface area (Å²) in [5.74, 6) is 1.34. The molecule has 0 saturated carbocycles. The van der Waals surface area contributed by atoms with Crippen LogP contribution in [0, 0.1) is 0 Å². The van der Waals surface area contributed by atoms with Gasteiger partial charge in [0.15, 0.2) is 11.5 Å². The number of halogens is 1. The number of ether oxygens (including phenoxy) is 3. The van der Waals surface area contributed by atoms with Gasteiger partial charge in [-0.3, -0.25) is 9.69 Å². The number of carbonyl (C=O) groups is 2. The van der Waals surface area contributed by atoms with Crippen molar-refractivity contribution in [3.63, 3.8) is 0 Å². The van der Waals surface area contributed by atoms with E-state index in [0.717, 1.165) is 4.90 Å². The highest BCUT2D eigenvalue weighted by Gasteiger charge is 2.49. The molecule has 0 unspecified atom stereocenters. The van der Waals surface area contributed by atoms with Gasteiger partial charge in [0.2, 0.25) is 0 Å². The van der Waals surface area contributed by atoms with Crippen molar-refractivity contribution < 1.29 is 23.8 Å². The summed E-state index contributed by atoms with van der Waals surface area (Å²) in [7, 11) is 0. The second-order valence-corrected chi connectivity index (χ2v) is 7.06. The van der Waals surface area contributed by atoms with E-state index < -0.39 is 11.6 Å². The van der Waals surface area contributed by atoms with Crippen LogP contribution in [0.25, 0.3) is 0 Å². The fourth-order valence-electron chi connectivity index (χ4n) is 3.26. The number of hydrogen-bond donors (Lipinski definition) is 1. The second-order valence-electron chi connectivity index (χ2n) is 6.65. The van der Waals surface area contributed by atoms with Crippen LogP contribution in [0.1, 0.15) is 12.5 Å². The summed E-state index contributed by atoms with van der Waals surface area (Å²) < 4.78 is 16.7. The van der Waals surface area contributed by atoms with Gasteiger partial charge >= 0.3 is 6.03 Å². The Balaban J connectivity index is 1.48. The number of nitrogens with one attached hydrogen (secondary N) is 1. The van der Waals surface area contributed by atoms with Crippen LogP contribution in [0.4, 0.5) is 4.79 Å². The average molecular weight is 403 g/mol. The Bertz CT molecular complexity index is 935. The first-order valence-electron chi connectivity index (χ1n) is 8.90. The quantitative estimate of drug-likeness (QED) is 0.778. The number of rotatable bonds is 5. The van der Waals surface area contributed by atoms with Crippen molar-refractivity contribution in [3.8, 4) is 17.2 Å². The fraction of sp³-hybridized carbons (Fsp3) is 0.300. The largest absolute Gasteiger partial charge is 0.490 e. The molecule has 1 fully saturated rings. The predicted molar refractivity (Wildman–Crippen MR) is 102 cm³/mol. The Labute approximate surface area is 167 Å².